The molecular weight excluding hydrogens is 430 g/mol. The molecule has 0 aliphatic carbocycles. The summed E-state index contributed by atoms with van der Waals surface area (Å²) < 4.78 is 10.5. The van der Waals surface area contributed by atoms with Gasteiger partial charge in [0.2, 0.25) is 10.9 Å². The molecule has 0 radical (unpaired) electrons. The zero-order valence-electron chi connectivity index (χ0n) is 18.1. The summed E-state index contributed by atoms with van der Waals surface area (Å²) in [6.07, 6.45) is 0. The van der Waals surface area contributed by atoms with Crippen LogP contribution in [0.1, 0.15) is 20.4 Å². The maximum Gasteiger partial charge on any atom is 0.286 e. The fraction of sp³-hybridized carbons (Fsp3) is 0.273. The molecule has 10 heteroatoms. The molecule has 0 fully saturated rings. The number of hydrogen-bond acceptors (Lipinski definition) is 8. The third-order valence-corrected chi connectivity index (χ3v) is 5.31. The second kappa shape index (κ2) is 11.2. The van der Waals surface area contributed by atoms with E-state index in [0.29, 0.717) is 23.0 Å². The molecule has 1 aromatic heterocycles. The first-order chi connectivity index (χ1) is 15.4. The molecule has 0 spiro atoms. The van der Waals surface area contributed by atoms with E-state index in [1.54, 1.807) is 31.4 Å². The molecule has 32 heavy (non-hydrogen) atoms. The van der Waals surface area contributed by atoms with Crippen LogP contribution in [0.25, 0.3) is 0 Å². The lowest BCUT2D eigenvalue weighted by Gasteiger charge is -2.12. The van der Waals surface area contributed by atoms with Crippen molar-refractivity contribution in [1.82, 2.24) is 15.5 Å². The third kappa shape index (κ3) is 6.76. The number of hydrogen-bond donors (Lipinski definition) is 2. The largest absolute Gasteiger partial charge is 0.497 e. The molecule has 0 saturated heterocycles. The Morgan fingerprint density at radius 2 is 1.75 bits per heavy atom. The number of nitrogens with zero attached hydrogens (tertiary/aromatic N) is 3. The highest BCUT2D eigenvalue weighted by atomic mass is 32.1. The number of carbonyl (C=O) groups is 2. The molecule has 0 atom stereocenters. The van der Waals surface area contributed by atoms with Crippen LogP contribution in [0.3, 0.4) is 0 Å². The predicted octanol–water partition coefficient (Wildman–Crippen LogP) is 2.70. The number of ether oxygens (including phenoxy) is 2. The second-order valence-corrected chi connectivity index (χ2v) is 8.08. The average molecular weight is 456 g/mol. The molecule has 1 heterocycles. The molecule has 0 bridgehead atoms. The molecule has 0 unspecified atom stereocenters. The summed E-state index contributed by atoms with van der Waals surface area (Å²) in [7, 11) is 5.52. The van der Waals surface area contributed by atoms with Crippen molar-refractivity contribution in [3.63, 3.8) is 0 Å². The van der Waals surface area contributed by atoms with Gasteiger partial charge in [-0.15, -0.1) is 10.2 Å². The SMILES string of the molecule is COc1ccc(NC(=O)c2nnc(COCC(=O)NCc3ccc(N(C)C)cc3)s2)cc1. The summed E-state index contributed by atoms with van der Waals surface area (Å²) in [4.78, 5) is 26.3. The first kappa shape index (κ1) is 23.2. The van der Waals surface area contributed by atoms with Gasteiger partial charge in [-0.1, -0.05) is 23.5 Å². The topological polar surface area (TPSA) is 106 Å². The second-order valence-electron chi connectivity index (χ2n) is 7.01. The van der Waals surface area contributed by atoms with E-state index >= 15 is 0 Å². The Balaban J connectivity index is 1.39. The summed E-state index contributed by atoms with van der Waals surface area (Å²) in [5.74, 6) is 0.102. The van der Waals surface area contributed by atoms with E-state index < -0.39 is 0 Å². The van der Waals surface area contributed by atoms with Crippen molar-refractivity contribution in [1.29, 1.82) is 0 Å². The van der Waals surface area contributed by atoms with Gasteiger partial charge in [0.1, 0.15) is 24.0 Å². The van der Waals surface area contributed by atoms with Crippen molar-refractivity contribution >= 4 is 34.5 Å². The van der Waals surface area contributed by atoms with E-state index in [1.165, 1.54) is 0 Å². The molecule has 3 aromatic rings. The molecule has 0 aliphatic rings. The van der Waals surface area contributed by atoms with Crippen LogP contribution in [0.15, 0.2) is 48.5 Å². The van der Waals surface area contributed by atoms with Gasteiger partial charge in [-0.05, 0) is 42.0 Å². The highest BCUT2D eigenvalue weighted by molar-refractivity contribution is 7.13. The van der Waals surface area contributed by atoms with Crippen LogP contribution in [-0.4, -0.2) is 49.8 Å². The van der Waals surface area contributed by atoms with Gasteiger partial charge in [0.15, 0.2) is 0 Å². The lowest BCUT2D eigenvalue weighted by atomic mass is 10.2. The minimum absolute atomic E-state index is 0.0957. The lowest BCUT2D eigenvalue weighted by molar-refractivity contribution is -0.126. The molecule has 168 valence electrons. The zero-order valence-corrected chi connectivity index (χ0v) is 18.9. The summed E-state index contributed by atoms with van der Waals surface area (Å²) in [5, 5.41) is 14.1. The molecule has 9 nitrogen and oxygen atoms in total. The summed E-state index contributed by atoms with van der Waals surface area (Å²) in [6.45, 7) is 0.408. The standard InChI is InChI=1S/C22H25N5O4S/c1-27(2)17-8-4-15(5-9-17)12-23-19(28)13-31-14-20-25-26-22(32-20)21(29)24-16-6-10-18(30-3)11-7-16/h4-11H,12-14H2,1-3H3,(H,23,28)(H,24,29). The van der Waals surface area contributed by atoms with Crippen LogP contribution in [0.4, 0.5) is 11.4 Å². The van der Waals surface area contributed by atoms with Gasteiger partial charge in [0.25, 0.3) is 5.91 Å². The van der Waals surface area contributed by atoms with Crippen molar-refractivity contribution in [3.05, 3.63) is 64.1 Å². The first-order valence-electron chi connectivity index (χ1n) is 9.83. The number of nitrogens with one attached hydrogen (secondary N) is 2. The Labute approximate surface area is 190 Å². The maximum atomic E-state index is 12.3. The summed E-state index contributed by atoms with van der Waals surface area (Å²) >= 11 is 1.11. The van der Waals surface area contributed by atoms with Gasteiger partial charge in [-0.2, -0.15) is 0 Å². The minimum Gasteiger partial charge on any atom is -0.497 e. The highest BCUT2D eigenvalue weighted by Crippen LogP contribution is 2.17. The quantitative estimate of drug-likeness (QED) is 0.484. The molecular formula is C22H25N5O4S. The van der Waals surface area contributed by atoms with Crippen LogP contribution >= 0.6 is 11.3 Å². The number of carbonyl (C=O) groups excluding carboxylic acids is 2. The molecule has 0 aliphatic heterocycles. The van der Waals surface area contributed by atoms with Crippen molar-refractivity contribution in [2.45, 2.75) is 13.2 Å². The zero-order chi connectivity index (χ0) is 22.9. The van der Waals surface area contributed by atoms with Crippen molar-refractivity contribution in [2.75, 3.05) is 38.0 Å². The van der Waals surface area contributed by atoms with Crippen LogP contribution < -0.4 is 20.3 Å². The number of anilines is 2. The van der Waals surface area contributed by atoms with E-state index in [4.69, 9.17) is 9.47 Å². The lowest BCUT2D eigenvalue weighted by Crippen LogP contribution is -2.27. The van der Waals surface area contributed by atoms with Crippen molar-refractivity contribution in [2.24, 2.45) is 0 Å². The van der Waals surface area contributed by atoms with Crippen molar-refractivity contribution < 1.29 is 19.1 Å². The Hall–Kier alpha value is -3.50. The maximum absolute atomic E-state index is 12.3. The Morgan fingerprint density at radius 3 is 2.41 bits per heavy atom. The van der Waals surface area contributed by atoms with Crippen LogP contribution in [0.5, 0.6) is 5.75 Å². The molecule has 3 rings (SSSR count). The highest BCUT2D eigenvalue weighted by Gasteiger charge is 2.14. The number of rotatable bonds is 10. The molecule has 0 saturated carbocycles. The van der Waals surface area contributed by atoms with Crippen LogP contribution in [0, 0.1) is 0 Å². The van der Waals surface area contributed by atoms with E-state index in [-0.39, 0.29) is 30.0 Å². The van der Waals surface area contributed by atoms with E-state index in [9.17, 15) is 9.59 Å². The Bertz CT molecular complexity index is 1040. The predicted molar refractivity (Wildman–Crippen MR) is 123 cm³/mol. The average Bonchev–Trinajstić information content (AvgIpc) is 3.27. The fourth-order valence-electron chi connectivity index (χ4n) is 2.66. The van der Waals surface area contributed by atoms with Crippen LogP contribution in [0.2, 0.25) is 0 Å². The van der Waals surface area contributed by atoms with Crippen molar-refractivity contribution in [3.8, 4) is 5.75 Å². The molecule has 2 N–H and O–H groups in total. The fourth-order valence-corrected chi connectivity index (χ4v) is 3.33. The normalized spacial score (nSPS) is 10.5. The Morgan fingerprint density at radius 1 is 1.03 bits per heavy atom. The van der Waals surface area contributed by atoms with E-state index in [1.807, 2.05) is 43.3 Å². The number of methoxy groups -OCH3 is 1. The molecule has 2 amide bonds. The van der Waals surface area contributed by atoms with Gasteiger partial charge in [0, 0.05) is 32.0 Å². The van der Waals surface area contributed by atoms with Crippen LogP contribution in [-0.2, 0) is 22.7 Å². The Kier molecular flexibility index (Phi) is 8.12. The van der Waals surface area contributed by atoms with Gasteiger partial charge in [-0.3, -0.25) is 9.59 Å². The van der Waals surface area contributed by atoms with Gasteiger partial charge < -0.3 is 25.0 Å². The molecule has 2 aromatic carbocycles. The smallest absolute Gasteiger partial charge is 0.286 e. The number of benzene rings is 2. The number of amides is 2. The third-order valence-electron chi connectivity index (χ3n) is 4.41. The summed E-state index contributed by atoms with van der Waals surface area (Å²) in [5.41, 5.74) is 2.72. The monoisotopic (exact) mass is 455 g/mol. The first-order valence-corrected chi connectivity index (χ1v) is 10.6. The number of aromatic nitrogens is 2. The van der Waals surface area contributed by atoms with E-state index in [2.05, 4.69) is 20.8 Å². The minimum atomic E-state index is -0.364. The van der Waals surface area contributed by atoms with Gasteiger partial charge in [0.05, 0.1) is 7.11 Å². The van der Waals surface area contributed by atoms with Gasteiger partial charge in [-0.25, -0.2) is 0 Å². The summed E-state index contributed by atoms with van der Waals surface area (Å²) in [6, 6.07) is 14.9. The van der Waals surface area contributed by atoms with Gasteiger partial charge >= 0.3 is 0 Å². The van der Waals surface area contributed by atoms with E-state index in [0.717, 1.165) is 22.6 Å².